The van der Waals surface area contributed by atoms with E-state index in [1.54, 1.807) is 24.3 Å². The molecule has 25 heavy (non-hydrogen) atoms. The first-order valence-electron chi connectivity index (χ1n) is 8.30. The van der Waals surface area contributed by atoms with Gasteiger partial charge in [-0.1, -0.05) is 18.2 Å². The van der Waals surface area contributed by atoms with Gasteiger partial charge in [0, 0.05) is 13.1 Å². The van der Waals surface area contributed by atoms with Gasteiger partial charge in [0.05, 0.1) is 0 Å². The van der Waals surface area contributed by atoms with Crippen LogP contribution in [0.25, 0.3) is 0 Å². The normalized spacial score (nSPS) is 10.7. The molecule has 0 aliphatic heterocycles. The van der Waals surface area contributed by atoms with Crippen molar-refractivity contribution < 1.29 is 9.18 Å². The van der Waals surface area contributed by atoms with E-state index in [0.717, 1.165) is 13.0 Å². The Bertz CT molecular complexity index is 675. The fraction of sp³-hybridized carbons (Fsp3) is 0.389. The molecule has 2 N–H and O–H groups in total. The molecule has 1 amide bonds. The number of rotatable bonds is 9. The minimum absolute atomic E-state index is 0.211. The summed E-state index contributed by atoms with van der Waals surface area (Å²) in [5.74, 6) is 0.112. The zero-order valence-electron chi connectivity index (χ0n) is 14.6. The van der Waals surface area contributed by atoms with Gasteiger partial charge in [0.1, 0.15) is 11.6 Å². The maximum atomic E-state index is 13.5. The number of carbonyl (C=O) groups excluding carboxylic acids is 1. The summed E-state index contributed by atoms with van der Waals surface area (Å²) in [6.07, 6.45) is 1.42. The van der Waals surface area contributed by atoms with E-state index in [1.807, 2.05) is 20.2 Å². The Morgan fingerprint density at radius 2 is 1.92 bits per heavy atom. The third kappa shape index (κ3) is 6.46. The van der Waals surface area contributed by atoms with Crippen LogP contribution in [0.15, 0.2) is 36.4 Å². The molecule has 0 aliphatic rings. The van der Waals surface area contributed by atoms with Gasteiger partial charge in [-0.05, 0) is 57.2 Å². The van der Waals surface area contributed by atoms with Crippen LogP contribution in [-0.4, -0.2) is 54.7 Å². The molecular weight excluding hydrogens is 321 g/mol. The molecule has 1 aromatic carbocycles. The van der Waals surface area contributed by atoms with Gasteiger partial charge in [-0.25, -0.2) is 4.39 Å². The highest BCUT2D eigenvalue weighted by Crippen LogP contribution is 2.08. The molecule has 0 spiro atoms. The van der Waals surface area contributed by atoms with E-state index < -0.39 is 0 Å². The predicted octanol–water partition coefficient (Wildman–Crippen LogP) is 1.95. The van der Waals surface area contributed by atoms with Crippen molar-refractivity contribution in [3.8, 4) is 0 Å². The second-order valence-corrected chi connectivity index (χ2v) is 5.98. The number of aromatic nitrogens is 2. The van der Waals surface area contributed by atoms with E-state index in [9.17, 15) is 9.18 Å². The zero-order valence-corrected chi connectivity index (χ0v) is 14.6. The van der Waals surface area contributed by atoms with Crippen molar-refractivity contribution in [2.45, 2.75) is 12.8 Å². The Kier molecular flexibility index (Phi) is 7.28. The second-order valence-electron chi connectivity index (χ2n) is 5.98. The summed E-state index contributed by atoms with van der Waals surface area (Å²) in [6, 6.07) is 10.0. The number of carbonyl (C=O) groups is 1. The molecule has 6 nitrogen and oxygen atoms in total. The van der Waals surface area contributed by atoms with Crippen LogP contribution >= 0.6 is 0 Å². The van der Waals surface area contributed by atoms with Crippen LogP contribution in [0.2, 0.25) is 0 Å². The van der Waals surface area contributed by atoms with Gasteiger partial charge in [-0.3, -0.25) is 4.79 Å². The summed E-state index contributed by atoms with van der Waals surface area (Å²) in [7, 11) is 3.98. The number of nitrogens with one attached hydrogen (secondary N) is 2. The van der Waals surface area contributed by atoms with Crippen LogP contribution in [0.4, 0.5) is 10.2 Å². The van der Waals surface area contributed by atoms with Gasteiger partial charge in [0.25, 0.3) is 5.91 Å². The van der Waals surface area contributed by atoms with Crippen LogP contribution in [0.5, 0.6) is 0 Å². The Labute approximate surface area is 147 Å². The van der Waals surface area contributed by atoms with Crippen LogP contribution in [-0.2, 0) is 6.42 Å². The molecule has 2 aromatic rings. The van der Waals surface area contributed by atoms with Crippen LogP contribution in [0.1, 0.15) is 22.5 Å². The number of hydrogen-bond donors (Lipinski definition) is 2. The lowest BCUT2D eigenvalue weighted by atomic mass is 10.1. The van der Waals surface area contributed by atoms with Crippen LogP contribution in [0.3, 0.4) is 0 Å². The Hall–Kier alpha value is -2.54. The maximum absolute atomic E-state index is 13.5. The van der Waals surface area contributed by atoms with Gasteiger partial charge >= 0.3 is 0 Å². The number of benzene rings is 1. The maximum Gasteiger partial charge on any atom is 0.271 e. The third-order valence-electron chi connectivity index (χ3n) is 3.62. The van der Waals surface area contributed by atoms with E-state index in [1.165, 1.54) is 6.07 Å². The summed E-state index contributed by atoms with van der Waals surface area (Å²) >= 11 is 0. The number of halogens is 1. The molecule has 0 radical (unpaired) electrons. The van der Waals surface area contributed by atoms with Crippen molar-refractivity contribution in [3.05, 3.63) is 53.5 Å². The molecule has 1 heterocycles. The minimum Gasteiger partial charge on any atom is -0.368 e. The monoisotopic (exact) mass is 345 g/mol. The summed E-state index contributed by atoms with van der Waals surface area (Å²) in [5.41, 5.74) is 0.932. The van der Waals surface area contributed by atoms with Crippen molar-refractivity contribution in [3.63, 3.8) is 0 Å². The van der Waals surface area contributed by atoms with Gasteiger partial charge in [0.2, 0.25) is 0 Å². The second kappa shape index (κ2) is 9.68. The number of anilines is 1. The lowest BCUT2D eigenvalue weighted by Crippen LogP contribution is -2.28. The minimum atomic E-state index is -0.232. The summed E-state index contributed by atoms with van der Waals surface area (Å²) in [5, 5.41) is 13.8. The van der Waals surface area contributed by atoms with Crippen molar-refractivity contribution >= 4 is 11.7 Å². The molecule has 0 unspecified atom stereocenters. The van der Waals surface area contributed by atoms with Gasteiger partial charge < -0.3 is 15.5 Å². The first-order valence-corrected chi connectivity index (χ1v) is 8.30. The number of nitrogens with zero attached hydrogens (tertiary/aromatic N) is 3. The first kappa shape index (κ1) is 18.8. The predicted molar refractivity (Wildman–Crippen MR) is 96.1 cm³/mol. The van der Waals surface area contributed by atoms with E-state index in [-0.39, 0.29) is 17.4 Å². The molecular formula is C18H24FN5O. The molecule has 7 heteroatoms. The average molecular weight is 345 g/mol. The molecule has 0 saturated heterocycles. The molecule has 2 rings (SSSR count). The van der Waals surface area contributed by atoms with Gasteiger partial charge in [-0.15, -0.1) is 10.2 Å². The topological polar surface area (TPSA) is 70.2 Å². The quantitative estimate of drug-likeness (QED) is 0.680. The van der Waals surface area contributed by atoms with Gasteiger partial charge in [0.15, 0.2) is 5.69 Å². The molecule has 1 aromatic heterocycles. The molecule has 0 atom stereocenters. The zero-order chi connectivity index (χ0) is 18.1. The van der Waals surface area contributed by atoms with E-state index in [0.29, 0.717) is 30.9 Å². The highest BCUT2D eigenvalue weighted by molar-refractivity contribution is 5.92. The van der Waals surface area contributed by atoms with Crippen molar-refractivity contribution in [1.82, 2.24) is 20.4 Å². The van der Waals surface area contributed by atoms with Crippen LogP contribution in [0, 0.1) is 5.82 Å². The Balaban J connectivity index is 1.75. The highest BCUT2D eigenvalue weighted by atomic mass is 19.1. The van der Waals surface area contributed by atoms with Crippen molar-refractivity contribution in [2.24, 2.45) is 0 Å². The number of amides is 1. The summed E-state index contributed by atoms with van der Waals surface area (Å²) < 4.78 is 13.5. The molecule has 134 valence electrons. The number of hydrogen-bond acceptors (Lipinski definition) is 5. The molecule has 0 bridgehead atoms. The van der Waals surface area contributed by atoms with E-state index in [2.05, 4.69) is 25.7 Å². The third-order valence-corrected chi connectivity index (χ3v) is 3.62. The smallest absolute Gasteiger partial charge is 0.271 e. The van der Waals surface area contributed by atoms with E-state index >= 15 is 0 Å². The molecule has 0 fully saturated rings. The summed E-state index contributed by atoms with van der Waals surface area (Å²) in [4.78, 5) is 14.0. The van der Waals surface area contributed by atoms with Crippen molar-refractivity contribution in [1.29, 1.82) is 0 Å². The largest absolute Gasteiger partial charge is 0.368 e. The fourth-order valence-corrected chi connectivity index (χ4v) is 2.26. The SMILES string of the molecule is CN(C)CCCNC(=O)c1ccc(NCCc2ccccc2F)nn1. The standard InChI is InChI=1S/C18H24FN5O/c1-24(2)13-5-11-21-18(25)16-8-9-17(23-22-16)20-12-10-14-6-3-4-7-15(14)19/h3-4,6-9H,5,10-13H2,1-2H3,(H,20,23)(H,21,25). The lowest BCUT2D eigenvalue weighted by Gasteiger charge is -2.09. The highest BCUT2D eigenvalue weighted by Gasteiger charge is 2.07. The van der Waals surface area contributed by atoms with Gasteiger partial charge in [-0.2, -0.15) is 0 Å². The average Bonchev–Trinajstić information content (AvgIpc) is 2.60. The van der Waals surface area contributed by atoms with Crippen molar-refractivity contribution in [2.75, 3.05) is 39.0 Å². The van der Waals surface area contributed by atoms with Crippen LogP contribution < -0.4 is 10.6 Å². The summed E-state index contributed by atoms with van der Waals surface area (Å²) in [6.45, 7) is 2.05. The molecule has 0 saturated carbocycles. The lowest BCUT2D eigenvalue weighted by molar-refractivity contribution is 0.0946. The Morgan fingerprint density at radius 3 is 2.60 bits per heavy atom. The Morgan fingerprint density at radius 1 is 1.12 bits per heavy atom. The molecule has 0 aliphatic carbocycles. The fourth-order valence-electron chi connectivity index (χ4n) is 2.26. The first-order chi connectivity index (χ1) is 12.1. The van der Waals surface area contributed by atoms with E-state index in [4.69, 9.17) is 0 Å².